The van der Waals surface area contributed by atoms with E-state index in [2.05, 4.69) is 31.3 Å². The molecule has 0 aromatic heterocycles. The van der Waals surface area contributed by atoms with Gasteiger partial charge in [0.2, 0.25) is 5.91 Å². The maximum absolute atomic E-state index is 13.1. The lowest BCUT2D eigenvalue weighted by Gasteiger charge is -2.29. The Kier molecular flexibility index (Phi) is 72.4. The predicted octanol–water partition coefficient (Wildman–Crippen LogP) is 26.3. The standard InChI is InChI=1S/C82H163N2O6P/c1-6-8-10-12-14-16-18-20-22-24-26-28-30-32-34-36-37-38-39-40-41-42-43-44-45-46-47-48-50-52-54-56-58-60-62-64-66-68-70-72-74-76-82(86)83-80(79-90-91(87,88)89-78-77-84(3,4)5)81(85)75-73-71-69-67-65-63-61-59-57-55-53-51-49-35-33-31-29-27-25-23-21-19-17-15-13-11-9-7-2/h65,67,73,75,80-81,85H,6-64,66,68-72,74,76-79H2,1-5H3,(H-,83,86,87,88)/b67-65+,75-73+. The average molecular weight is 1300 g/mol. The highest BCUT2D eigenvalue weighted by atomic mass is 31.2. The van der Waals surface area contributed by atoms with Gasteiger partial charge in [-0.1, -0.05) is 430 Å². The van der Waals surface area contributed by atoms with Crippen molar-refractivity contribution < 1.29 is 32.9 Å². The molecule has 0 aliphatic carbocycles. The van der Waals surface area contributed by atoms with Gasteiger partial charge in [-0.3, -0.25) is 9.36 Å². The Hall–Kier alpha value is -1.02. The maximum atomic E-state index is 13.1. The molecule has 0 aromatic rings. The minimum absolute atomic E-state index is 0.00326. The Labute approximate surface area is 570 Å². The van der Waals surface area contributed by atoms with Crippen LogP contribution in [-0.4, -0.2) is 68.5 Å². The Morgan fingerprint density at radius 3 is 0.890 bits per heavy atom. The van der Waals surface area contributed by atoms with E-state index in [1.165, 1.54) is 385 Å². The van der Waals surface area contributed by atoms with Crippen LogP contribution >= 0.6 is 7.82 Å². The SMILES string of the molecule is CCCCCCCCCCCCCCCCCCCCCCCC/C=C/CC/C=C/C(O)C(COP(=O)([O-])OCC[N+](C)(C)C)NC(=O)CCCCCCCCCCCCCCCCCCCCCCCCCCCCCCCCCCCCCCCCCCC. The van der Waals surface area contributed by atoms with Crippen molar-refractivity contribution in [3.8, 4) is 0 Å². The highest BCUT2D eigenvalue weighted by Crippen LogP contribution is 2.38. The molecular formula is C82H163N2O6P. The van der Waals surface area contributed by atoms with Gasteiger partial charge >= 0.3 is 0 Å². The van der Waals surface area contributed by atoms with E-state index >= 15 is 0 Å². The molecule has 0 saturated heterocycles. The number of phosphoric acid groups is 1. The average Bonchev–Trinajstić information content (AvgIpc) is 3.73. The molecule has 1 amide bonds. The van der Waals surface area contributed by atoms with Gasteiger partial charge in [-0.05, 0) is 32.1 Å². The number of unbranched alkanes of at least 4 members (excludes halogenated alkanes) is 63. The van der Waals surface area contributed by atoms with E-state index in [1.54, 1.807) is 6.08 Å². The van der Waals surface area contributed by atoms with Crippen LogP contribution in [0.5, 0.6) is 0 Å². The number of aliphatic hydroxyl groups excluding tert-OH is 1. The largest absolute Gasteiger partial charge is 0.756 e. The second-order valence-corrected chi connectivity index (χ2v) is 31.2. The summed E-state index contributed by atoms with van der Waals surface area (Å²) in [5.74, 6) is -0.196. The number of hydrogen-bond acceptors (Lipinski definition) is 6. The van der Waals surface area contributed by atoms with Gasteiger partial charge in [0.25, 0.3) is 7.82 Å². The molecule has 0 aromatic carbocycles. The fraction of sp³-hybridized carbons (Fsp3) is 0.939. The second kappa shape index (κ2) is 73.2. The molecule has 91 heavy (non-hydrogen) atoms. The second-order valence-electron chi connectivity index (χ2n) is 29.8. The summed E-state index contributed by atoms with van der Waals surface area (Å²) in [6, 6.07) is -0.903. The number of hydrogen-bond donors (Lipinski definition) is 2. The molecule has 0 saturated carbocycles. The minimum Gasteiger partial charge on any atom is -0.756 e. The normalized spacial score (nSPS) is 13.5. The first-order chi connectivity index (χ1) is 44.5. The summed E-state index contributed by atoms with van der Waals surface area (Å²) in [6.45, 7) is 4.71. The molecule has 0 aliphatic heterocycles. The molecule has 0 rings (SSSR count). The Morgan fingerprint density at radius 2 is 0.615 bits per heavy atom. The summed E-state index contributed by atoms with van der Waals surface area (Å²) in [5, 5.41) is 14.0. The number of aliphatic hydroxyl groups is 1. The third kappa shape index (κ3) is 76.2. The van der Waals surface area contributed by atoms with Gasteiger partial charge in [-0.2, -0.15) is 0 Å². The summed E-state index contributed by atoms with van der Waals surface area (Å²) >= 11 is 0. The quantitative estimate of drug-likeness (QED) is 0.0272. The number of nitrogens with zero attached hydrogens (tertiary/aromatic N) is 1. The third-order valence-corrected chi connectivity index (χ3v) is 20.4. The van der Waals surface area contributed by atoms with Crippen LogP contribution in [0.3, 0.4) is 0 Å². The Morgan fingerprint density at radius 1 is 0.374 bits per heavy atom. The van der Waals surface area contributed by atoms with Gasteiger partial charge < -0.3 is 28.8 Å². The van der Waals surface area contributed by atoms with Crippen LogP contribution in [-0.2, 0) is 18.4 Å². The monoisotopic (exact) mass is 1300 g/mol. The highest BCUT2D eigenvalue weighted by Gasteiger charge is 2.23. The fourth-order valence-electron chi connectivity index (χ4n) is 13.1. The third-order valence-electron chi connectivity index (χ3n) is 19.4. The van der Waals surface area contributed by atoms with Crippen molar-refractivity contribution in [2.24, 2.45) is 0 Å². The van der Waals surface area contributed by atoms with E-state index < -0.39 is 20.0 Å². The maximum Gasteiger partial charge on any atom is 0.268 e. The zero-order chi connectivity index (χ0) is 66.2. The van der Waals surface area contributed by atoms with Gasteiger partial charge in [0.15, 0.2) is 0 Å². The van der Waals surface area contributed by atoms with E-state index in [0.29, 0.717) is 17.4 Å². The first kappa shape index (κ1) is 90.0. The number of quaternary nitrogens is 1. The molecule has 3 unspecified atom stereocenters. The van der Waals surface area contributed by atoms with Crippen molar-refractivity contribution in [1.82, 2.24) is 5.32 Å². The Balaban J connectivity index is 3.90. The van der Waals surface area contributed by atoms with E-state index in [-0.39, 0.29) is 19.1 Å². The van der Waals surface area contributed by atoms with E-state index in [0.717, 1.165) is 38.5 Å². The van der Waals surface area contributed by atoms with Crippen LogP contribution in [0.4, 0.5) is 0 Å². The number of rotatable bonds is 78. The van der Waals surface area contributed by atoms with Crippen molar-refractivity contribution in [2.75, 3.05) is 40.9 Å². The van der Waals surface area contributed by atoms with Crippen molar-refractivity contribution in [1.29, 1.82) is 0 Å². The molecule has 0 spiro atoms. The topological polar surface area (TPSA) is 108 Å². The van der Waals surface area contributed by atoms with Gasteiger partial charge in [-0.15, -0.1) is 0 Å². The van der Waals surface area contributed by atoms with Crippen LogP contribution in [0.2, 0.25) is 0 Å². The van der Waals surface area contributed by atoms with Crippen LogP contribution < -0.4 is 10.2 Å². The van der Waals surface area contributed by atoms with Crippen LogP contribution in [0.1, 0.15) is 444 Å². The Bertz CT molecular complexity index is 1530. The molecule has 542 valence electrons. The summed E-state index contributed by atoms with van der Waals surface area (Å²) in [7, 11) is 1.27. The minimum atomic E-state index is -4.61. The molecule has 0 aliphatic rings. The summed E-state index contributed by atoms with van der Waals surface area (Å²) in [4.78, 5) is 25.7. The number of likely N-dealkylation sites (N-methyl/N-ethyl adjacent to an activating group) is 1. The smallest absolute Gasteiger partial charge is 0.268 e. The molecule has 9 heteroatoms. The number of carbonyl (C=O) groups excluding carboxylic acids is 1. The van der Waals surface area contributed by atoms with Gasteiger partial charge in [-0.25, -0.2) is 0 Å². The summed E-state index contributed by atoms with van der Waals surface area (Å²) in [5.41, 5.74) is 0. The number of carbonyl (C=O) groups is 1. The van der Waals surface area contributed by atoms with Crippen molar-refractivity contribution >= 4 is 13.7 Å². The molecule has 3 atom stereocenters. The van der Waals surface area contributed by atoms with Gasteiger partial charge in [0.1, 0.15) is 13.2 Å². The number of allylic oxidation sites excluding steroid dienone is 3. The lowest BCUT2D eigenvalue weighted by atomic mass is 10.0. The fourth-order valence-corrected chi connectivity index (χ4v) is 13.8. The van der Waals surface area contributed by atoms with Crippen molar-refractivity contribution in [2.45, 2.75) is 456 Å². The highest BCUT2D eigenvalue weighted by molar-refractivity contribution is 7.45. The number of nitrogens with one attached hydrogen (secondary N) is 1. The zero-order valence-corrected chi connectivity index (χ0v) is 63.2. The molecule has 8 nitrogen and oxygen atoms in total. The van der Waals surface area contributed by atoms with Gasteiger partial charge in [0, 0.05) is 6.42 Å². The lowest BCUT2D eigenvalue weighted by molar-refractivity contribution is -0.870. The van der Waals surface area contributed by atoms with Crippen molar-refractivity contribution in [3.63, 3.8) is 0 Å². The molecule has 2 N–H and O–H groups in total. The lowest BCUT2D eigenvalue weighted by Crippen LogP contribution is -2.45. The number of amides is 1. The van der Waals surface area contributed by atoms with Crippen LogP contribution in [0, 0.1) is 0 Å². The van der Waals surface area contributed by atoms with Crippen molar-refractivity contribution in [3.05, 3.63) is 24.3 Å². The first-order valence-corrected chi connectivity index (χ1v) is 42.7. The summed E-state index contributed by atoms with van der Waals surface area (Å²) < 4.78 is 23.5. The van der Waals surface area contributed by atoms with E-state index in [4.69, 9.17) is 9.05 Å². The van der Waals surface area contributed by atoms with E-state index in [9.17, 15) is 19.4 Å². The molecule has 0 heterocycles. The van der Waals surface area contributed by atoms with Gasteiger partial charge in [0.05, 0.1) is 39.9 Å². The van der Waals surface area contributed by atoms with E-state index in [1.807, 2.05) is 27.2 Å². The molecule has 0 bridgehead atoms. The molecular weight excluding hydrogens is 1140 g/mol. The molecule has 0 fully saturated rings. The number of phosphoric ester groups is 1. The first-order valence-electron chi connectivity index (χ1n) is 41.2. The molecule has 0 radical (unpaired) electrons. The van der Waals surface area contributed by atoms with Crippen LogP contribution in [0.15, 0.2) is 24.3 Å². The zero-order valence-electron chi connectivity index (χ0n) is 62.3. The van der Waals surface area contributed by atoms with Crippen LogP contribution in [0.25, 0.3) is 0 Å². The summed E-state index contributed by atoms with van der Waals surface area (Å²) in [6.07, 6.45) is 98.1. The predicted molar refractivity (Wildman–Crippen MR) is 399 cm³/mol.